The van der Waals surface area contributed by atoms with Crippen LogP contribution < -0.4 is 17.0 Å². The Balaban J connectivity index is 2.84. The number of carboxylic acids is 1. The van der Waals surface area contributed by atoms with Crippen molar-refractivity contribution in [3.8, 4) is 0 Å². The Bertz CT molecular complexity index is 1060. The predicted octanol–water partition coefficient (Wildman–Crippen LogP) is 2.33. The van der Waals surface area contributed by atoms with E-state index in [0.29, 0.717) is 10.7 Å². The fourth-order valence-corrected chi connectivity index (χ4v) is 3.36. The molecule has 6 N–H and O–H groups in total. The van der Waals surface area contributed by atoms with Crippen molar-refractivity contribution in [2.45, 2.75) is 32.7 Å². The molecule has 2 aromatic rings. The zero-order chi connectivity index (χ0) is 23.9. The van der Waals surface area contributed by atoms with Crippen molar-refractivity contribution in [1.82, 2.24) is 5.01 Å². The van der Waals surface area contributed by atoms with Gasteiger partial charge in [-0.25, -0.2) is 15.4 Å². The van der Waals surface area contributed by atoms with Crippen molar-refractivity contribution in [3.05, 3.63) is 65.7 Å². The maximum Gasteiger partial charge on any atom is 0.341 e. The molecule has 1 amide bonds. The molecule has 168 valence electrons. The highest BCUT2D eigenvalue weighted by Crippen LogP contribution is 2.41. The van der Waals surface area contributed by atoms with Crippen LogP contribution in [0.1, 0.15) is 38.3 Å². The zero-order valence-electron chi connectivity index (χ0n) is 18.2. The molecule has 0 saturated carbocycles. The molecule has 9 heteroatoms. The molecule has 0 heterocycles. The zero-order valence-corrected chi connectivity index (χ0v) is 18.2. The Morgan fingerprint density at radius 2 is 1.81 bits per heavy atom. The van der Waals surface area contributed by atoms with Crippen molar-refractivity contribution in [3.63, 3.8) is 0 Å². The summed E-state index contributed by atoms with van der Waals surface area (Å²) in [5.41, 5.74) is -2.35. The maximum atomic E-state index is 13.1. The van der Waals surface area contributed by atoms with E-state index in [9.17, 15) is 19.5 Å². The minimum Gasteiger partial charge on any atom is -0.479 e. The maximum absolute atomic E-state index is 13.1. The lowest BCUT2D eigenvalue weighted by Crippen LogP contribution is -2.59. The molecule has 0 fully saturated rings. The number of hydrazine groups is 1. The number of carbonyl (C=O) groups excluding carboxylic acids is 2. The first kappa shape index (κ1) is 24.3. The quantitative estimate of drug-likeness (QED) is 0.124. The van der Waals surface area contributed by atoms with E-state index in [1.54, 1.807) is 48.4 Å². The van der Waals surface area contributed by atoms with Gasteiger partial charge >= 0.3 is 5.97 Å². The molecule has 0 aliphatic rings. The molecule has 0 saturated heterocycles. The second-order valence-corrected chi connectivity index (χ2v) is 8.36. The van der Waals surface area contributed by atoms with E-state index in [-0.39, 0.29) is 23.1 Å². The van der Waals surface area contributed by atoms with Crippen LogP contribution in [-0.4, -0.2) is 34.3 Å². The average molecular weight is 438 g/mol. The van der Waals surface area contributed by atoms with Gasteiger partial charge in [-0.05, 0) is 28.7 Å². The first-order valence-electron chi connectivity index (χ1n) is 9.79. The minimum atomic E-state index is -2.34. The largest absolute Gasteiger partial charge is 0.479 e. The molecule has 9 nitrogen and oxygen atoms in total. The van der Waals surface area contributed by atoms with E-state index in [1.165, 1.54) is 18.5 Å². The molecular weight excluding hydrogens is 410 g/mol. The van der Waals surface area contributed by atoms with Crippen LogP contribution in [0, 0.1) is 5.41 Å². The highest BCUT2D eigenvalue weighted by molar-refractivity contribution is 6.08. The fraction of sp³-hybridized carbons (Fsp3) is 0.261. The Morgan fingerprint density at radius 1 is 1.16 bits per heavy atom. The number of nitrogens with two attached hydrogens (primary N) is 2. The van der Waals surface area contributed by atoms with Gasteiger partial charge in [-0.15, -0.1) is 0 Å². The monoisotopic (exact) mass is 437 g/mol. The first-order chi connectivity index (χ1) is 15.1. The summed E-state index contributed by atoms with van der Waals surface area (Å²) in [5, 5.41) is 17.2. The van der Waals surface area contributed by atoms with Crippen molar-refractivity contribution < 1.29 is 19.5 Å². The van der Waals surface area contributed by atoms with E-state index >= 15 is 0 Å². The Morgan fingerprint density at radius 3 is 2.34 bits per heavy atom. The highest BCUT2D eigenvalue weighted by atomic mass is 16.4. The van der Waals surface area contributed by atoms with Crippen molar-refractivity contribution >= 4 is 35.4 Å². The summed E-state index contributed by atoms with van der Waals surface area (Å²) in [4.78, 5) is 38.3. The van der Waals surface area contributed by atoms with Crippen LogP contribution in [0.2, 0.25) is 0 Å². The van der Waals surface area contributed by atoms with Gasteiger partial charge in [0.1, 0.15) is 12.3 Å². The lowest BCUT2D eigenvalue weighted by atomic mass is 9.78. The number of carboxylic acid groups (broad SMARTS) is 1. The van der Waals surface area contributed by atoms with Crippen molar-refractivity contribution in [2.75, 3.05) is 5.32 Å². The summed E-state index contributed by atoms with van der Waals surface area (Å²) in [7, 11) is 0. The number of hydrogen-bond donors (Lipinski definition) is 4. The Labute approximate surface area is 186 Å². The smallest absolute Gasteiger partial charge is 0.341 e. The Hall–Kier alpha value is -3.94. The molecule has 0 aliphatic carbocycles. The number of hydrazone groups is 1. The molecule has 2 aromatic carbocycles. The second kappa shape index (κ2) is 9.91. The number of hydrogen-bond acceptors (Lipinski definition) is 6. The molecule has 0 aromatic heterocycles. The average Bonchev–Trinajstić information content (AvgIpc) is 2.74. The number of anilines is 1. The topological polar surface area (TPSA) is 151 Å². The van der Waals surface area contributed by atoms with Crippen LogP contribution in [-0.2, 0) is 19.9 Å². The number of nitrogens with one attached hydrogen (secondary N) is 1. The van der Waals surface area contributed by atoms with Crippen molar-refractivity contribution in [1.29, 1.82) is 0 Å². The molecule has 0 radical (unpaired) electrons. The summed E-state index contributed by atoms with van der Waals surface area (Å²) in [6, 6.07) is 14.3. The van der Waals surface area contributed by atoms with Gasteiger partial charge in [-0.1, -0.05) is 63.2 Å². The molecule has 1 atom stereocenters. The third-order valence-electron chi connectivity index (χ3n) is 4.73. The molecule has 0 unspecified atom stereocenters. The van der Waals surface area contributed by atoms with Crippen LogP contribution in [0.4, 0.5) is 5.69 Å². The van der Waals surface area contributed by atoms with Gasteiger partial charge < -0.3 is 16.3 Å². The lowest BCUT2D eigenvalue weighted by molar-refractivity contribution is -0.156. The van der Waals surface area contributed by atoms with E-state index in [2.05, 4.69) is 10.4 Å². The molecule has 0 aliphatic heterocycles. The van der Waals surface area contributed by atoms with Gasteiger partial charge in [0.2, 0.25) is 11.4 Å². The number of benzene rings is 2. The van der Waals surface area contributed by atoms with Gasteiger partial charge in [0.05, 0.1) is 5.57 Å². The summed E-state index contributed by atoms with van der Waals surface area (Å²) < 4.78 is 0. The van der Waals surface area contributed by atoms with Gasteiger partial charge in [0.25, 0.3) is 0 Å². The number of carbonyl (C=O) groups is 2. The summed E-state index contributed by atoms with van der Waals surface area (Å²) in [6.07, 6.45) is 1.16. The van der Waals surface area contributed by atoms with Crippen LogP contribution in [0.15, 0.2) is 59.7 Å². The SMILES string of the molecule is CC(C)(C)CC(=O)N(N)[C@](C(=O)O)(C(=C=O)c1ccccc1)c1cccc(NC=NN)c1. The lowest BCUT2D eigenvalue weighted by Gasteiger charge is -2.39. The van der Waals surface area contributed by atoms with Gasteiger partial charge in [0, 0.05) is 12.1 Å². The third-order valence-corrected chi connectivity index (χ3v) is 4.73. The fourth-order valence-electron chi connectivity index (χ4n) is 3.36. The standard InChI is InChI=1S/C23H27N5O4/c1-22(2,3)13-20(30)28(25)23(21(31)32,19(14-29)16-8-5-4-6-9-16)17-10-7-11-18(12-17)26-15-27-24/h4-12,15H,13,24-25H2,1-3H3,(H,26,27)(H,31,32)/t23-/m0/s1. The molecular formula is C23H27N5O4. The van der Waals surface area contributed by atoms with E-state index in [1.807, 2.05) is 20.8 Å². The Kier molecular flexibility index (Phi) is 7.54. The predicted molar refractivity (Wildman–Crippen MR) is 123 cm³/mol. The summed E-state index contributed by atoms with van der Waals surface area (Å²) >= 11 is 0. The third kappa shape index (κ3) is 5.03. The number of amides is 1. The van der Waals surface area contributed by atoms with E-state index in [4.69, 9.17) is 11.7 Å². The van der Waals surface area contributed by atoms with Gasteiger partial charge in [0.15, 0.2) is 0 Å². The molecule has 32 heavy (non-hydrogen) atoms. The molecule has 0 bridgehead atoms. The summed E-state index contributed by atoms with van der Waals surface area (Å²) in [6.45, 7) is 5.47. The second-order valence-electron chi connectivity index (χ2n) is 8.36. The van der Waals surface area contributed by atoms with Gasteiger partial charge in [-0.3, -0.25) is 9.80 Å². The van der Waals surface area contributed by atoms with E-state index < -0.39 is 22.8 Å². The van der Waals surface area contributed by atoms with E-state index in [0.717, 1.165) is 0 Å². The molecule has 0 spiro atoms. The number of aliphatic carboxylic acids is 1. The number of rotatable bonds is 8. The van der Waals surface area contributed by atoms with Crippen LogP contribution >= 0.6 is 0 Å². The minimum absolute atomic E-state index is 0.0444. The molecule has 2 rings (SSSR count). The first-order valence-corrected chi connectivity index (χ1v) is 9.79. The number of nitrogens with zero attached hydrogens (tertiary/aromatic N) is 2. The van der Waals surface area contributed by atoms with Crippen LogP contribution in [0.25, 0.3) is 5.57 Å². The summed E-state index contributed by atoms with van der Waals surface area (Å²) in [5.74, 6) is 11.0. The normalized spacial score (nSPS) is 13.1. The van der Waals surface area contributed by atoms with Crippen LogP contribution in [0.5, 0.6) is 0 Å². The van der Waals surface area contributed by atoms with Crippen LogP contribution in [0.3, 0.4) is 0 Å². The highest BCUT2D eigenvalue weighted by Gasteiger charge is 2.52. The van der Waals surface area contributed by atoms with Crippen molar-refractivity contribution in [2.24, 2.45) is 22.2 Å². The van der Waals surface area contributed by atoms with Gasteiger partial charge in [-0.2, -0.15) is 5.10 Å².